The maximum absolute atomic E-state index is 12.1. The predicted octanol–water partition coefficient (Wildman–Crippen LogP) is 4.04. The van der Waals surface area contributed by atoms with Crippen LogP contribution in [0, 0.1) is 0 Å². The van der Waals surface area contributed by atoms with Crippen molar-refractivity contribution < 1.29 is 9.53 Å². The topological polar surface area (TPSA) is 50.4 Å². The van der Waals surface area contributed by atoms with Crippen LogP contribution in [0.1, 0.15) is 63.4 Å². The van der Waals surface area contributed by atoms with Gasteiger partial charge in [0.05, 0.1) is 7.11 Å². The first-order valence-corrected chi connectivity index (χ1v) is 9.33. The third-order valence-corrected chi connectivity index (χ3v) is 4.89. The van der Waals surface area contributed by atoms with Crippen molar-refractivity contribution in [1.82, 2.24) is 10.6 Å². The molecule has 1 aromatic carbocycles. The Kier molecular flexibility index (Phi) is 10.6. The highest BCUT2D eigenvalue weighted by atomic mass is 35.5. The molecule has 0 aromatic heterocycles. The highest BCUT2D eigenvalue weighted by molar-refractivity contribution is 5.85. The van der Waals surface area contributed by atoms with Crippen LogP contribution in [0.4, 0.5) is 0 Å². The van der Waals surface area contributed by atoms with Crippen molar-refractivity contribution in [1.29, 1.82) is 0 Å². The third kappa shape index (κ3) is 8.10. The lowest BCUT2D eigenvalue weighted by molar-refractivity contribution is -0.121. The second kappa shape index (κ2) is 12.2. The second-order valence-corrected chi connectivity index (χ2v) is 6.87. The zero-order chi connectivity index (χ0) is 17.2. The number of nitrogens with one attached hydrogen (secondary N) is 2. The zero-order valence-electron chi connectivity index (χ0n) is 15.6. The van der Waals surface area contributed by atoms with Crippen LogP contribution in [-0.4, -0.2) is 32.1 Å². The van der Waals surface area contributed by atoms with Crippen LogP contribution in [0.3, 0.4) is 0 Å². The van der Waals surface area contributed by atoms with E-state index >= 15 is 0 Å². The molecule has 1 aromatic rings. The van der Waals surface area contributed by atoms with Gasteiger partial charge in [0, 0.05) is 25.6 Å². The van der Waals surface area contributed by atoms with Gasteiger partial charge in [-0.2, -0.15) is 0 Å². The SMILES string of the molecule is COc1cccc(C(C)CC(=O)NCCNC2CCCCCC2)c1.Cl. The van der Waals surface area contributed by atoms with E-state index in [1.54, 1.807) is 7.11 Å². The maximum atomic E-state index is 12.1. The molecule has 2 rings (SSSR count). The Balaban J connectivity index is 0.00000312. The first kappa shape index (κ1) is 21.8. The van der Waals surface area contributed by atoms with E-state index < -0.39 is 0 Å². The van der Waals surface area contributed by atoms with Crippen LogP contribution in [0.5, 0.6) is 5.75 Å². The summed E-state index contributed by atoms with van der Waals surface area (Å²) in [4.78, 5) is 12.1. The minimum Gasteiger partial charge on any atom is -0.497 e. The summed E-state index contributed by atoms with van der Waals surface area (Å²) in [6.45, 7) is 3.66. The number of hydrogen-bond donors (Lipinski definition) is 2. The molecule has 1 unspecified atom stereocenters. The van der Waals surface area contributed by atoms with Crippen molar-refractivity contribution in [2.45, 2.75) is 63.8 Å². The molecule has 142 valence electrons. The summed E-state index contributed by atoms with van der Waals surface area (Å²) >= 11 is 0. The van der Waals surface area contributed by atoms with Gasteiger partial charge in [-0.15, -0.1) is 12.4 Å². The molecule has 25 heavy (non-hydrogen) atoms. The molecule has 0 saturated heterocycles. The Morgan fingerprint density at radius 3 is 2.60 bits per heavy atom. The minimum atomic E-state index is 0. The lowest BCUT2D eigenvalue weighted by Crippen LogP contribution is -2.37. The van der Waals surface area contributed by atoms with Crippen molar-refractivity contribution in [3.8, 4) is 5.75 Å². The van der Waals surface area contributed by atoms with Crippen LogP contribution in [0.15, 0.2) is 24.3 Å². The second-order valence-electron chi connectivity index (χ2n) is 6.87. The molecule has 1 atom stereocenters. The fraction of sp³-hybridized carbons (Fsp3) is 0.650. The summed E-state index contributed by atoms with van der Waals surface area (Å²) in [6, 6.07) is 8.59. The highest BCUT2D eigenvalue weighted by Crippen LogP contribution is 2.23. The molecule has 1 aliphatic rings. The molecular formula is C20H33ClN2O2. The lowest BCUT2D eigenvalue weighted by atomic mass is 9.97. The van der Waals surface area contributed by atoms with E-state index in [2.05, 4.69) is 17.6 Å². The zero-order valence-corrected chi connectivity index (χ0v) is 16.4. The van der Waals surface area contributed by atoms with E-state index in [0.717, 1.165) is 17.9 Å². The van der Waals surface area contributed by atoms with E-state index in [9.17, 15) is 4.79 Å². The number of halogens is 1. The summed E-state index contributed by atoms with van der Waals surface area (Å²) < 4.78 is 5.25. The number of methoxy groups -OCH3 is 1. The fourth-order valence-electron chi connectivity index (χ4n) is 3.38. The van der Waals surface area contributed by atoms with Gasteiger partial charge >= 0.3 is 0 Å². The van der Waals surface area contributed by atoms with Gasteiger partial charge in [-0.25, -0.2) is 0 Å². The average molecular weight is 369 g/mol. The Labute approximate surface area is 158 Å². The van der Waals surface area contributed by atoms with Gasteiger partial charge in [-0.1, -0.05) is 44.7 Å². The Morgan fingerprint density at radius 1 is 1.20 bits per heavy atom. The highest BCUT2D eigenvalue weighted by Gasteiger charge is 2.13. The Morgan fingerprint density at radius 2 is 1.92 bits per heavy atom. The van der Waals surface area contributed by atoms with E-state index in [1.165, 1.54) is 38.5 Å². The molecule has 1 aliphatic carbocycles. The van der Waals surface area contributed by atoms with Gasteiger partial charge in [-0.3, -0.25) is 4.79 Å². The summed E-state index contributed by atoms with van der Waals surface area (Å²) in [5, 5.41) is 6.62. The molecule has 1 fully saturated rings. The number of rotatable bonds is 8. The van der Waals surface area contributed by atoms with Gasteiger partial charge in [0.1, 0.15) is 5.75 Å². The summed E-state index contributed by atoms with van der Waals surface area (Å²) in [6.07, 6.45) is 8.48. The number of amides is 1. The normalized spacial score (nSPS) is 16.4. The summed E-state index contributed by atoms with van der Waals surface area (Å²) in [7, 11) is 1.66. The summed E-state index contributed by atoms with van der Waals surface area (Å²) in [5.74, 6) is 1.15. The molecule has 4 nitrogen and oxygen atoms in total. The quantitative estimate of drug-likeness (QED) is 0.537. The van der Waals surface area contributed by atoms with Gasteiger partial charge in [-0.05, 0) is 36.5 Å². The van der Waals surface area contributed by atoms with Crippen LogP contribution in [0.25, 0.3) is 0 Å². The van der Waals surface area contributed by atoms with Crippen molar-refractivity contribution in [3.05, 3.63) is 29.8 Å². The molecule has 0 radical (unpaired) electrons. The first-order chi connectivity index (χ1) is 11.7. The molecular weight excluding hydrogens is 336 g/mol. The lowest BCUT2D eigenvalue weighted by Gasteiger charge is -2.17. The summed E-state index contributed by atoms with van der Waals surface area (Å²) in [5.41, 5.74) is 1.14. The molecule has 0 bridgehead atoms. The van der Waals surface area contributed by atoms with Crippen LogP contribution in [-0.2, 0) is 4.79 Å². The first-order valence-electron chi connectivity index (χ1n) is 9.33. The van der Waals surface area contributed by atoms with E-state index in [4.69, 9.17) is 4.74 Å². The number of carbonyl (C=O) groups is 1. The fourth-order valence-corrected chi connectivity index (χ4v) is 3.38. The molecule has 0 spiro atoms. The minimum absolute atomic E-state index is 0. The van der Waals surface area contributed by atoms with E-state index in [1.807, 2.05) is 24.3 Å². The molecule has 0 aliphatic heterocycles. The van der Waals surface area contributed by atoms with Gasteiger partial charge in [0.2, 0.25) is 5.91 Å². The molecule has 5 heteroatoms. The monoisotopic (exact) mass is 368 g/mol. The largest absolute Gasteiger partial charge is 0.497 e. The average Bonchev–Trinajstić information content (AvgIpc) is 2.87. The van der Waals surface area contributed by atoms with Gasteiger partial charge < -0.3 is 15.4 Å². The van der Waals surface area contributed by atoms with Gasteiger partial charge in [0.15, 0.2) is 0 Å². The van der Waals surface area contributed by atoms with Crippen molar-refractivity contribution in [2.24, 2.45) is 0 Å². The number of ether oxygens (including phenoxy) is 1. The van der Waals surface area contributed by atoms with Crippen LogP contribution >= 0.6 is 12.4 Å². The molecule has 2 N–H and O–H groups in total. The van der Waals surface area contributed by atoms with Crippen molar-refractivity contribution in [2.75, 3.05) is 20.2 Å². The predicted molar refractivity (Wildman–Crippen MR) is 106 cm³/mol. The standard InChI is InChI=1S/C20H32N2O2.ClH/c1-16(17-8-7-11-19(15-17)24-2)14-20(23)22-13-12-21-18-9-5-3-4-6-10-18;/h7-8,11,15-16,18,21H,3-6,9-10,12-14H2,1-2H3,(H,22,23);1H. The van der Waals surface area contributed by atoms with Crippen molar-refractivity contribution in [3.63, 3.8) is 0 Å². The van der Waals surface area contributed by atoms with Gasteiger partial charge in [0.25, 0.3) is 0 Å². The van der Waals surface area contributed by atoms with E-state index in [0.29, 0.717) is 19.0 Å². The van der Waals surface area contributed by atoms with Crippen molar-refractivity contribution >= 4 is 18.3 Å². The third-order valence-electron chi connectivity index (χ3n) is 4.89. The van der Waals surface area contributed by atoms with Crippen LogP contribution in [0.2, 0.25) is 0 Å². The molecule has 1 amide bonds. The number of carbonyl (C=O) groups excluding carboxylic acids is 1. The van der Waals surface area contributed by atoms with Crippen LogP contribution < -0.4 is 15.4 Å². The van der Waals surface area contributed by atoms with E-state index in [-0.39, 0.29) is 24.2 Å². The molecule has 0 heterocycles. The molecule has 1 saturated carbocycles. The smallest absolute Gasteiger partial charge is 0.220 e. The maximum Gasteiger partial charge on any atom is 0.220 e. The number of hydrogen-bond acceptors (Lipinski definition) is 3. The Hall–Kier alpha value is -1.26. The number of benzene rings is 1. The Bertz CT molecular complexity index is 502.